The highest BCUT2D eigenvalue weighted by molar-refractivity contribution is 5.97. The van der Waals surface area contributed by atoms with Gasteiger partial charge >= 0.3 is 23.9 Å². The van der Waals surface area contributed by atoms with Gasteiger partial charge in [-0.15, -0.1) is 0 Å². The van der Waals surface area contributed by atoms with Gasteiger partial charge in [0, 0.05) is 63.2 Å². The van der Waals surface area contributed by atoms with Crippen LogP contribution in [0.3, 0.4) is 0 Å². The maximum atomic E-state index is 14.6. The van der Waals surface area contributed by atoms with Crippen LogP contribution in [0.4, 0.5) is 35.9 Å². The van der Waals surface area contributed by atoms with Crippen LogP contribution in [0.15, 0.2) is 167 Å². The van der Waals surface area contributed by atoms with Crippen molar-refractivity contribution in [2.45, 2.75) is 213 Å². The van der Waals surface area contributed by atoms with E-state index in [2.05, 4.69) is 15.0 Å². The van der Waals surface area contributed by atoms with Crippen molar-refractivity contribution in [2.24, 2.45) is 15.0 Å². The zero-order chi connectivity index (χ0) is 95.6. The predicted octanol–water partition coefficient (Wildman–Crippen LogP) is 26.3. The molecule has 680 valence electrons. The van der Waals surface area contributed by atoms with Gasteiger partial charge in [-0.05, 0) is 269 Å². The van der Waals surface area contributed by atoms with Crippen LogP contribution in [-0.2, 0) is 47.6 Å². The number of fused-ring (bicyclic) bond motifs is 6. The number of esters is 2. The standard InChI is InChI=1S/C29H30FNO4.2C28H28FNO4.C22H29NO4/c1-16-11-13-19(14-12-16)23-18(3)26-25(31-15-20-21(30)9-8-10-22(20)34-26)17(2)24(23)27(28(32)33-7)35-29(4,5)6;2*1-15-10-12-18(13-11-15)22-17(3)25-24(30-14-19-20(29)8-7-9-21(19)33-25)16(2)23(22)26(27(31)32)34-28(4,5)6;1-12-8-10-15(11-9-12)16-14(3)19(24)18(23)13(2)17(16)20(21(25)26-7)27-22(4,5)6/h8-15,27H,1-7H3;2*7-14,26H,1-6H3,(H,31,32);8-11,20,24H,23H2,1-7H3/t27-;2*26-;20-/m0000/s1. The largest absolute Gasteiger partial charge is 0.505 e. The summed E-state index contributed by atoms with van der Waals surface area (Å²) in [5.74, 6) is -1.95. The van der Waals surface area contributed by atoms with Gasteiger partial charge in [0.25, 0.3) is 0 Å². The first kappa shape index (κ1) is 97.6. The molecule has 0 aliphatic carbocycles. The average Bonchev–Trinajstić information content (AvgIpc) is 1.13. The lowest BCUT2D eigenvalue weighted by molar-refractivity contribution is -0.164. The van der Waals surface area contributed by atoms with E-state index in [4.69, 9.17) is 48.4 Å². The Kier molecular flexibility index (Phi) is 29.3. The summed E-state index contributed by atoms with van der Waals surface area (Å²) in [7, 11) is 2.68. The fraction of sp³-hybridized carbons (Fsp3) is 0.318. The summed E-state index contributed by atoms with van der Waals surface area (Å²) >= 11 is 0. The van der Waals surface area contributed by atoms with Crippen molar-refractivity contribution in [1.82, 2.24) is 0 Å². The molecule has 0 unspecified atom stereocenters. The second-order valence-electron chi connectivity index (χ2n) is 36.6. The fourth-order valence-corrected chi connectivity index (χ4v) is 15.9. The summed E-state index contributed by atoms with van der Waals surface area (Å²) in [6, 6.07) is 45.6. The van der Waals surface area contributed by atoms with Crippen molar-refractivity contribution in [3.8, 4) is 84.8 Å². The zero-order valence-corrected chi connectivity index (χ0v) is 78.7. The number of nitrogens with zero attached hydrogens (tertiary/aromatic N) is 3. The smallest absolute Gasteiger partial charge is 0.339 e. The molecule has 3 aliphatic rings. The van der Waals surface area contributed by atoms with Crippen molar-refractivity contribution < 1.29 is 90.3 Å². The van der Waals surface area contributed by atoms with Crippen LogP contribution in [0.5, 0.6) is 40.2 Å². The van der Waals surface area contributed by atoms with Gasteiger partial charge in [0.05, 0.1) is 59.0 Å². The van der Waals surface area contributed by atoms with Crippen LogP contribution < -0.4 is 19.9 Å². The molecular weight excluding hydrogens is 1650 g/mol. The quantitative estimate of drug-likeness (QED) is 0.0397. The van der Waals surface area contributed by atoms with Gasteiger partial charge in [0.2, 0.25) is 0 Å². The summed E-state index contributed by atoms with van der Waals surface area (Å²) < 4.78 is 96.9. The molecule has 0 saturated carbocycles. The minimum Gasteiger partial charge on any atom is -0.505 e. The van der Waals surface area contributed by atoms with Crippen LogP contribution in [0.1, 0.15) is 213 Å². The molecule has 0 bridgehead atoms. The molecule has 0 spiro atoms. The van der Waals surface area contributed by atoms with Gasteiger partial charge < -0.3 is 63.7 Å². The van der Waals surface area contributed by atoms with Gasteiger partial charge in [-0.2, -0.15) is 0 Å². The van der Waals surface area contributed by atoms with E-state index in [9.17, 15) is 47.7 Å². The molecule has 11 aromatic carbocycles. The molecule has 0 saturated heterocycles. The second kappa shape index (κ2) is 39.1. The number of aliphatic carboxylic acids is 2. The molecular formula is C107H115F3N4O16. The first-order valence-corrected chi connectivity index (χ1v) is 42.7. The number of ether oxygens (including phenoxy) is 9. The number of hydrogen-bond donors (Lipinski definition) is 4. The molecule has 4 atom stereocenters. The minimum absolute atomic E-state index is 0.0196. The van der Waals surface area contributed by atoms with Crippen LogP contribution >= 0.6 is 0 Å². The second-order valence-corrected chi connectivity index (χ2v) is 36.6. The van der Waals surface area contributed by atoms with E-state index in [0.29, 0.717) is 124 Å². The van der Waals surface area contributed by atoms with Crippen molar-refractivity contribution in [1.29, 1.82) is 0 Å². The highest BCUT2D eigenvalue weighted by atomic mass is 19.1. The van der Waals surface area contributed by atoms with Crippen LogP contribution in [0, 0.1) is 101 Å². The van der Waals surface area contributed by atoms with Crippen molar-refractivity contribution in [3.63, 3.8) is 0 Å². The molecule has 130 heavy (non-hydrogen) atoms. The molecule has 11 aromatic rings. The Morgan fingerprint density at radius 2 is 0.569 bits per heavy atom. The number of aromatic hydroxyl groups is 1. The number of aliphatic imine (C=N–C) groups is 3. The predicted molar refractivity (Wildman–Crippen MR) is 505 cm³/mol. The number of carbonyl (C=O) groups excluding carboxylic acids is 2. The minimum atomic E-state index is -1.24. The topological polar surface area (TPSA) is 275 Å². The fourth-order valence-electron chi connectivity index (χ4n) is 15.9. The first-order chi connectivity index (χ1) is 60.9. The molecule has 0 amide bonds. The number of nitrogen functional groups attached to an aromatic ring is 1. The Labute approximate surface area is 759 Å². The van der Waals surface area contributed by atoms with Crippen molar-refractivity contribution in [3.05, 3.63) is 275 Å². The Balaban J connectivity index is 0.000000168. The maximum Gasteiger partial charge on any atom is 0.339 e. The van der Waals surface area contributed by atoms with Gasteiger partial charge in [0.1, 0.15) is 57.5 Å². The monoisotopic (exact) mass is 1770 g/mol. The number of halogens is 3. The van der Waals surface area contributed by atoms with Crippen LogP contribution in [0.2, 0.25) is 0 Å². The Hall–Kier alpha value is -13.1. The summed E-state index contributed by atoms with van der Waals surface area (Å²) in [6.07, 6.45) is -0.116. The molecule has 0 radical (unpaired) electrons. The number of methoxy groups -OCH3 is 2. The lowest BCUT2D eigenvalue weighted by Crippen LogP contribution is -2.29. The summed E-state index contributed by atoms with van der Waals surface area (Å²) in [5, 5.41) is 31.0. The Morgan fingerprint density at radius 3 is 0.808 bits per heavy atom. The van der Waals surface area contributed by atoms with Crippen molar-refractivity contribution >= 4 is 65.3 Å². The normalized spacial score (nSPS) is 13.3. The van der Waals surface area contributed by atoms with Gasteiger partial charge in [-0.3, -0.25) is 15.0 Å². The maximum absolute atomic E-state index is 14.6. The van der Waals surface area contributed by atoms with E-state index >= 15 is 0 Å². The molecule has 0 aromatic heterocycles. The number of carbonyl (C=O) groups is 4. The van der Waals surface area contributed by atoms with E-state index in [1.807, 2.05) is 236 Å². The van der Waals surface area contributed by atoms with E-state index in [0.717, 1.165) is 61.2 Å². The molecule has 20 nitrogen and oxygen atoms in total. The molecule has 14 rings (SSSR count). The zero-order valence-electron chi connectivity index (χ0n) is 78.7. The number of phenols is 1. The van der Waals surface area contributed by atoms with Crippen LogP contribution in [-0.4, -0.2) is 94.5 Å². The number of phenolic OH excluding ortho intramolecular Hbond substituents is 1. The Bertz CT molecular complexity index is 6080. The van der Waals surface area contributed by atoms with Gasteiger partial charge in [-0.1, -0.05) is 138 Å². The molecule has 23 heteroatoms. The molecule has 3 heterocycles. The number of carboxylic acid groups (broad SMARTS) is 2. The highest BCUT2D eigenvalue weighted by Crippen LogP contribution is 2.55. The number of carboxylic acids is 2. The van der Waals surface area contributed by atoms with E-state index in [-0.39, 0.29) is 28.1 Å². The van der Waals surface area contributed by atoms with Gasteiger partial charge in [-0.25, -0.2) is 32.3 Å². The third kappa shape index (κ3) is 21.4. The molecule has 3 aliphatic heterocycles. The highest BCUT2D eigenvalue weighted by Gasteiger charge is 2.41. The van der Waals surface area contributed by atoms with Gasteiger partial charge in [0.15, 0.2) is 41.7 Å². The SMILES string of the molecule is COC(=O)[C@@H](OC(C)(C)C)c1c(C)c(N)c(O)c(C)c1-c1ccc(C)cc1.COC(=O)[C@@H](OC(C)(C)C)c1c(C)c2c(c(C)c1-c1ccc(C)cc1)Oc1cccc(F)c1C=N2.Cc1ccc(-c2c(C)c3c(c(C)c2[C@H](OC(C)(C)C)C(=O)O)N=Cc2c(F)cccc2O3)cc1.Cc1ccc(-c2c(C)c3c(c(C)c2[C@H](OC(C)(C)C)C(=O)O)N=Cc2c(F)cccc2O3)cc1. The summed E-state index contributed by atoms with van der Waals surface area (Å²) in [5.41, 5.74) is 24.4. The number of anilines is 1. The van der Waals surface area contributed by atoms with Crippen molar-refractivity contribution in [2.75, 3.05) is 20.0 Å². The summed E-state index contributed by atoms with van der Waals surface area (Å²) in [6.45, 7) is 44.9. The number of benzene rings is 11. The average molecular weight is 1770 g/mol. The third-order valence-corrected chi connectivity index (χ3v) is 22.2. The summed E-state index contributed by atoms with van der Waals surface area (Å²) in [4.78, 5) is 64.5. The van der Waals surface area contributed by atoms with E-state index in [1.165, 1.54) is 51.1 Å². The first-order valence-electron chi connectivity index (χ1n) is 42.7. The number of hydrogen-bond acceptors (Lipinski definition) is 18. The number of rotatable bonds is 16. The lowest BCUT2D eigenvalue weighted by Gasteiger charge is -2.30. The Morgan fingerprint density at radius 1 is 0.338 bits per heavy atom. The van der Waals surface area contributed by atoms with Crippen LogP contribution in [0.25, 0.3) is 44.5 Å². The van der Waals surface area contributed by atoms with E-state index in [1.54, 1.807) is 64.1 Å². The molecule has 5 N–H and O–H groups in total. The molecule has 0 fully saturated rings. The number of nitrogens with two attached hydrogens (primary N) is 1. The number of aryl methyl sites for hydroxylation is 4. The third-order valence-electron chi connectivity index (χ3n) is 22.2. The lowest BCUT2D eigenvalue weighted by atomic mass is 9.86. The van der Waals surface area contributed by atoms with E-state index < -0.39 is 88.1 Å².